The van der Waals surface area contributed by atoms with Gasteiger partial charge in [-0.3, -0.25) is 0 Å². The number of hydrogen-bond donors (Lipinski definition) is 1. The molecule has 15 heavy (non-hydrogen) atoms. The first kappa shape index (κ1) is 10.1. The molecule has 1 heterocycles. The van der Waals surface area contributed by atoms with Gasteiger partial charge in [0.1, 0.15) is 6.61 Å². The molecule has 2 nitrogen and oxygen atoms in total. The number of para-hydroxylation sites is 1. The minimum Gasteiger partial charge on any atom is -0.489 e. The van der Waals surface area contributed by atoms with Gasteiger partial charge in [-0.2, -0.15) is 13.2 Å². The van der Waals surface area contributed by atoms with Crippen LogP contribution in [0, 0.1) is 0 Å². The van der Waals surface area contributed by atoms with E-state index in [9.17, 15) is 13.2 Å². The number of ether oxygens (including phenoxy) is 1. The van der Waals surface area contributed by atoms with Gasteiger partial charge in [-0.05, 0) is 19.1 Å². The molecule has 1 N–H and O–H groups in total. The van der Waals surface area contributed by atoms with Gasteiger partial charge in [-0.25, -0.2) is 0 Å². The Kier molecular flexibility index (Phi) is 2.25. The number of halogens is 3. The van der Waals surface area contributed by atoms with Crippen LogP contribution in [-0.4, -0.2) is 12.6 Å². The second-order valence-electron chi connectivity index (χ2n) is 3.54. The van der Waals surface area contributed by atoms with E-state index in [0.717, 1.165) is 6.07 Å². The Morgan fingerprint density at radius 3 is 2.80 bits per heavy atom. The second-order valence-corrected chi connectivity index (χ2v) is 3.54. The molecule has 0 radical (unpaired) electrons. The third-order valence-electron chi connectivity index (χ3n) is 2.20. The number of alkyl halides is 3. The van der Waals surface area contributed by atoms with Crippen LogP contribution in [0.5, 0.6) is 5.75 Å². The van der Waals surface area contributed by atoms with Crippen LogP contribution in [0.3, 0.4) is 0 Å². The maximum atomic E-state index is 12.6. The molecule has 0 fully saturated rings. The van der Waals surface area contributed by atoms with E-state index in [2.05, 4.69) is 5.32 Å². The van der Waals surface area contributed by atoms with Crippen molar-refractivity contribution in [1.82, 2.24) is 0 Å². The Hall–Kier alpha value is -1.39. The highest BCUT2D eigenvalue weighted by molar-refractivity contribution is 5.62. The standard InChI is InChI=1S/C10H10F3NO/c1-6-5-15-9-7(10(11,12)13)3-2-4-8(9)14-6/h2-4,6,14H,5H2,1H3. The first-order chi connectivity index (χ1) is 6.98. The lowest BCUT2D eigenvalue weighted by molar-refractivity contribution is -0.139. The Balaban J connectivity index is 2.47. The average molecular weight is 217 g/mol. The molecule has 0 saturated carbocycles. The molecule has 0 saturated heterocycles. The van der Waals surface area contributed by atoms with Gasteiger partial charge in [0.25, 0.3) is 0 Å². The summed E-state index contributed by atoms with van der Waals surface area (Å²) in [6, 6.07) is 4.01. The van der Waals surface area contributed by atoms with E-state index >= 15 is 0 Å². The number of hydrogen-bond acceptors (Lipinski definition) is 2. The normalized spacial score (nSPS) is 20.1. The molecule has 1 aromatic rings. The molecule has 0 aliphatic carbocycles. The van der Waals surface area contributed by atoms with Crippen LogP contribution in [-0.2, 0) is 6.18 Å². The van der Waals surface area contributed by atoms with Crippen LogP contribution in [0.25, 0.3) is 0 Å². The highest BCUT2D eigenvalue weighted by Gasteiger charge is 2.36. The molecule has 1 aliphatic rings. The lowest BCUT2D eigenvalue weighted by Crippen LogP contribution is -2.29. The van der Waals surface area contributed by atoms with Crippen molar-refractivity contribution in [3.63, 3.8) is 0 Å². The van der Waals surface area contributed by atoms with Crippen LogP contribution in [0.4, 0.5) is 18.9 Å². The van der Waals surface area contributed by atoms with Crippen molar-refractivity contribution in [3.05, 3.63) is 23.8 Å². The summed E-state index contributed by atoms with van der Waals surface area (Å²) in [6.07, 6.45) is -4.37. The van der Waals surface area contributed by atoms with E-state index in [4.69, 9.17) is 4.74 Å². The quantitative estimate of drug-likeness (QED) is 0.721. The first-order valence-corrected chi connectivity index (χ1v) is 4.58. The van der Waals surface area contributed by atoms with Gasteiger partial charge in [0.2, 0.25) is 0 Å². The molecular formula is C10H10F3NO. The van der Waals surface area contributed by atoms with Gasteiger partial charge in [0.05, 0.1) is 17.3 Å². The molecule has 0 spiro atoms. The first-order valence-electron chi connectivity index (χ1n) is 4.58. The third-order valence-corrected chi connectivity index (χ3v) is 2.20. The molecule has 0 amide bonds. The summed E-state index contributed by atoms with van der Waals surface area (Å²) >= 11 is 0. The molecule has 2 rings (SSSR count). The fraction of sp³-hybridized carbons (Fsp3) is 0.400. The SMILES string of the molecule is CC1COc2c(cccc2C(F)(F)F)N1. The topological polar surface area (TPSA) is 21.3 Å². The summed E-state index contributed by atoms with van der Waals surface area (Å²) in [5, 5.41) is 2.95. The summed E-state index contributed by atoms with van der Waals surface area (Å²) < 4.78 is 42.8. The maximum Gasteiger partial charge on any atom is 0.420 e. The predicted octanol–water partition coefficient (Wildman–Crippen LogP) is 2.90. The number of fused-ring (bicyclic) bond motifs is 1. The smallest absolute Gasteiger partial charge is 0.420 e. The van der Waals surface area contributed by atoms with Crippen molar-refractivity contribution in [3.8, 4) is 5.75 Å². The highest BCUT2D eigenvalue weighted by atomic mass is 19.4. The van der Waals surface area contributed by atoms with Crippen LogP contribution in [0.2, 0.25) is 0 Å². The van der Waals surface area contributed by atoms with Gasteiger partial charge in [0, 0.05) is 0 Å². The Bertz CT molecular complexity index is 375. The largest absolute Gasteiger partial charge is 0.489 e. The van der Waals surface area contributed by atoms with Crippen LogP contribution >= 0.6 is 0 Å². The molecular weight excluding hydrogens is 207 g/mol. The highest BCUT2D eigenvalue weighted by Crippen LogP contribution is 2.41. The molecule has 5 heteroatoms. The van der Waals surface area contributed by atoms with Gasteiger partial charge >= 0.3 is 6.18 Å². The molecule has 0 aromatic heterocycles. The molecule has 1 atom stereocenters. The van der Waals surface area contributed by atoms with Crippen molar-refractivity contribution in [2.75, 3.05) is 11.9 Å². The fourth-order valence-electron chi connectivity index (χ4n) is 1.54. The Morgan fingerprint density at radius 2 is 2.13 bits per heavy atom. The number of anilines is 1. The van der Waals surface area contributed by atoms with E-state index in [-0.39, 0.29) is 18.4 Å². The van der Waals surface area contributed by atoms with Crippen molar-refractivity contribution >= 4 is 5.69 Å². The van der Waals surface area contributed by atoms with E-state index in [1.807, 2.05) is 6.92 Å². The summed E-state index contributed by atoms with van der Waals surface area (Å²) in [4.78, 5) is 0. The molecule has 1 aliphatic heterocycles. The Labute approximate surface area is 85.0 Å². The van der Waals surface area contributed by atoms with E-state index in [0.29, 0.717) is 5.69 Å². The van der Waals surface area contributed by atoms with E-state index < -0.39 is 11.7 Å². The average Bonchev–Trinajstić information content (AvgIpc) is 2.15. The third kappa shape index (κ3) is 1.86. The van der Waals surface area contributed by atoms with Crippen LogP contribution in [0.1, 0.15) is 12.5 Å². The van der Waals surface area contributed by atoms with E-state index in [1.165, 1.54) is 6.07 Å². The predicted molar refractivity (Wildman–Crippen MR) is 50.0 cm³/mol. The van der Waals surface area contributed by atoms with E-state index in [1.54, 1.807) is 6.07 Å². The summed E-state index contributed by atoms with van der Waals surface area (Å²) in [5.41, 5.74) is -0.317. The van der Waals surface area contributed by atoms with Gasteiger partial charge in [-0.1, -0.05) is 6.07 Å². The Morgan fingerprint density at radius 1 is 1.40 bits per heavy atom. The maximum absolute atomic E-state index is 12.6. The minimum absolute atomic E-state index is 0.0287. The minimum atomic E-state index is -4.37. The van der Waals surface area contributed by atoms with Gasteiger partial charge in [-0.15, -0.1) is 0 Å². The summed E-state index contributed by atoms with van der Waals surface area (Å²) in [6.45, 7) is 2.10. The van der Waals surface area contributed by atoms with Crippen LogP contribution < -0.4 is 10.1 Å². The molecule has 82 valence electrons. The van der Waals surface area contributed by atoms with Crippen molar-refractivity contribution in [2.24, 2.45) is 0 Å². The molecule has 1 unspecified atom stereocenters. The monoisotopic (exact) mass is 217 g/mol. The number of rotatable bonds is 0. The molecule has 0 bridgehead atoms. The van der Waals surface area contributed by atoms with Crippen molar-refractivity contribution < 1.29 is 17.9 Å². The van der Waals surface area contributed by atoms with Gasteiger partial charge in [0.15, 0.2) is 5.75 Å². The zero-order valence-corrected chi connectivity index (χ0v) is 8.06. The lowest BCUT2D eigenvalue weighted by Gasteiger charge is -2.27. The van der Waals surface area contributed by atoms with Crippen molar-refractivity contribution in [2.45, 2.75) is 19.1 Å². The number of nitrogens with one attached hydrogen (secondary N) is 1. The number of benzene rings is 1. The fourth-order valence-corrected chi connectivity index (χ4v) is 1.54. The summed E-state index contributed by atoms with van der Waals surface area (Å²) in [7, 11) is 0. The van der Waals surface area contributed by atoms with Crippen molar-refractivity contribution in [1.29, 1.82) is 0 Å². The zero-order chi connectivity index (χ0) is 11.1. The molecule has 1 aromatic carbocycles. The van der Waals surface area contributed by atoms with Crippen LogP contribution in [0.15, 0.2) is 18.2 Å². The lowest BCUT2D eigenvalue weighted by atomic mass is 10.1. The summed E-state index contributed by atoms with van der Waals surface area (Å²) in [5.74, 6) is -0.0944. The zero-order valence-electron chi connectivity index (χ0n) is 8.06. The second kappa shape index (κ2) is 3.32. The van der Waals surface area contributed by atoms with Gasteiger partial charge < -0.3 is 10.1 Å².